The van der Waals surface area contributed by atoms with Gasteiger partial charge < -0.3 is 10.1 Å². The van der Waals surface area contributed by atoms with Crippen molar-refractivity contribution < 1.29 is 17.9 Å². The Kier molecular flexibility index (Phi) is 4.78. The van der Waals surface area contributed by atoms with Crippen molar-refractivity contribution in [2.75, 3.05) is 33.3 Å². The summed E-state index contributed by atoms with van der Waals surface area (Å²) in [5.41, 5.74) is 0.0643. The normalized spacial score (nSPS) is 18.9. The SMILES string of the molecule is COc1ccc(Cl)cc1[C@@H](N1CCNCC1)C(F)(F)F. The second-order valence-corrected chi connectivity index (χ2v) is 5.05. The van der Waals surface area contributed by atoms with Gasteiger partial charge in [0.05, 0.1) is 7.11 Å². The summed E-state index contributed by atoms with van der Waals surface area (Å²) in [6, 6.07) is 2.63. The van der Waals surface area contributed by atoms with E-state index in [9.17, 15) is 13.2 Å². The number of nitrogens with zero attached hydrogens (tertiary/aromatic N) is 1. The van der Waals surface area contributed by atoms with E-state index >= 15 is 0 Å². The maximum Gasteiger partial charge on any atom is 0.408 e. The molecule has 0 bridgehead atoms. The zero-order valence-corrected chi connectivity index (χ0v) is 11.8. The van der Waals surface area contributed by atoms with E-state index in [1.807, 2.05) is 0 Å². The fourth-order valence-corrected chi connectivity index (χ4v) is 2.62. The van der Waals surface area contributed by atoms with E-state index in [2.05, 4.69) is 5.32 Å². The van der Waals surface area contributed by atoms with Crippen LogP contribution >= 0.6 is 11.6 Å². The molecule has 3 nitrogen and oxygen atoms in total. The molecule has 7 heteroatoms. The number of alkyl halides is 3. The molecule has 1 N–H and O–H groups in total. The Morgan fingerprint density at radius 1 is 1.30 bits per heavy atom. The number of methoxy groups -OCH3 is 1. The molecule has 1 aromatic rings. The maximum absolute atomic E-state index is 13.5. The molecule has 0 unspecified atom stereocenters. The molecule has 0 amide bonds. The Morgan fingerprint density at radius 2 is 1.95 bits per heavy atom. The minimum Gasteiger partial charge on any atom is -0.496 e. The van der Waals surface area contributed by atoms with E-state index in [4.69, 9.17) is 16.3 Å². The first kappa shape index (κ1) is 15.4. The van der Waals surface area contributed by atoms with Gasteiger partial charge in [-0.2, -0.15) is 13.2 Å². The van der Waals surface area contributed by atoms with Gasteiger partial charge in [-0.3, -0.25) is 4.90 Å². The molecule has 112 valence electrons. The average Bonchev–Trinajstić information content (AvgIpc) is 2.39. The third-order valence-electron chi connectivity index (χ3n) is 3.31. The maximum atomic E-state index is 13.5. The van der Waals surface area contributed by atoms with Crippen LogP contribution in [0.1, 0.15) is 11.6 Å². The minimum absolute atomic E-state index is 0.0643. The summed E-state index contributed by atoms with van der Waals surface area (Å²) < 4.78 is 45.5. The standard InChI is InChI=1S/C13H16ClF3N2O/c1-20-11-3-2-9(14)8-10(11)12(13(15,16)17)19-6-4-18-5-7-19/h2-3,8,12,18H,4-7H2,1H3/t12-/m1/s1. The molecule has 0 radical (unpaired) electrons. The smallest absolute Gasteiger partial charge is 0.408 e. The summed E-state index contributed by atoms with van der Waals surface area (Å²) in [7, 11) is 1.36. The summed E-state index contributed by atoms with van der Waals surface area (Å²) in [5.74, 6) is 0.204. The van der Waals surface area contributed by atoms with Crippen LogP contribution in [0, 0.1) is 0 Å². The van der Waals surface area contributed by atoms with Gasteiger partial charge in [0.1, 0.15) is 11.8 Å². The van der Waals surface area contributed by atoms with Crippen LogP contribution < -0.4 is 10.1 Å². The Hall–Kier alpha value is -0.980. The number of ether oxygens (including phenoxy) is 1. The molecule has 1 heterocycles. The topological polar surface area (TPSA) is 24.5 Å². The van der Waals surface area contributed by atoms with Crippen molar-refractivity contribution in [1.82, 2.24) is 10.2 Å². The summed E-state index contributed by atoms with van der Waals surface area (Å²) in [6.07, 6.45) is -4.38. The van der Waals surface area contributed by atoms with Gasteiger partial charge in [-0.25, -0.2) is 0 Å². The van der Waals surface area contributed by atoms with Crippen molar-refractivity contribution in [3.8, 4) is 5.75 Å². The Morgan fingerprint density at radius 3 is 2.50 bits per heavy atom. The van der Waals surface area contributed by atoms with Crippen molar-refractivity contribution >= 4 is 11.6 Å². The molecular weight excluding hydrogens is 293 g/mol. The van der Waals surface area contributed by atoms with Crippen LogP contribution in [-0.2, 0) is 0 Å². The summed E-state index contributed by atoms with van der Waals surface area (Å²) in [5, 5.41) is 3.31. The lowest BCUT2D eigenvalue weighted by atomic mass is 10.0. The molecule has 1 atom stereocenters. The molecule has 0 aliphatic carbocycles. The van der Waals surface area contributed by atoms with Gasteiger partial charge in [0.15, 0.2) is 0 Å². The van der Waals surface area contributed by atoms with Gasteiger partial charge in [-0.05, 0) is 18.2 Å². The third kappa shape index (κ3) is 3.37. The molecule has 2 rings (SSSR count). The lowest BCUT2D eigenvalue weighted by Gasteiger charge is -2.36. The molecule has 0 saturated carbocycles. The fourth-order valence-electron chi connectivity index (χ4n) is 2.44. The van der Waals surface area contributed by atoms with E-state index < -0.39 is 12.2 Å². The zero-order chi connectivity index (χ0) is 14.8. The molecule has 0 spiro atoms. The van der Waals surface area contributed by atoms with Gasteiger partial charge in [-0.15, -0.1) is 0 Å². The monoisotopic (exact) mass is 308 g/mol. The van der Waals surface area contributed by atoms with Crippen LogP contribution in [0.3, 0.4) is 0 Å². The first-order valence-corrected chi connectivity index (χ1v) is 6.66. The number of hydrogen-bond donors (Lipinski definition) is 1. The van der Waals surface area contributed by atoms with Crippen molar-refractivity contribution in [2.24, 2.45) is 0 Å². The largest absolute Gasteiger partial charge is 0.496 e. The van der Waals surface area contributed by atoms with Crippen LogP contribution in [0.4, 0.5) is 13.2 Å². The van der Waals surface area contributed by atoms with Crippen LogP contribution in [0.15, 0.2) is 18.2 Å². The van der Waals surface area contributed by atoms with Gasteiger partial charge >= 0.3 is 6.18 Å². The minimum atomic E-state index is -4.38. The van der Waals surface area contributed by atoms with Crippen LogP contribution in [0.25, 0.3) is 0 Å². The number of hydrogen-bond acceptors (Lipinski definition) is 3. The van der Waals surface area contributed by atoms with Crippen LogP contribution in [0.5, 0.6) is 5.75 Å². The second-order valence-electron chi connectivity index (χ2n) is 4.62. The van der Waals surface area contributed by atoms with Gasteiger partial charge in [0.2, 0.25) is 0 Å². The number of nitrogens with one attached hydrogen (secondary N) is 1. The van der Waals surface area contributed by atoms with E-state index in [1.165, 1.54) is 30.2 Å². The summed E-state index contributed by atoms with van der Waals surface area (Å²) in [4.78, 5) is 1.41. The first-order chi connectivity index (χ1) is 9.43. The van der Waals surface area contributed by atoms with Crippen molar-refractivity contribution in [3.05, 3.63) is 28.8 Å². The zero-order valence-electron chi connectivity index (χ0n) is 11.0. The molecule has 1 saturated heterocycles. The van der Waals surface area contributed by atoms with Crippen molar-refractivity contribution in [1.29, 1.82) is 0 Å². The number of piperazine rings is 1. The van der Waals surface area contributed by atoms with Gasteiger partial charge in [0.25, 0.3) is 0 Å². The lowest BCUT2D eigenvalue weighted by molar-refractivity contribution is -0.188. The third-order valence-corrected chi connectivity index (χ3v) is 3.55. The molecule has 1 fully saturated rings. The lowest BCUT2D eigenvalue weighted by Crippen LogP contribution is -2.49. The van der Waals surface area contributed by atoms with Crippen LogP contribution in [0.2, 0.25) is 5.02 Å². The highest BCUT2D eigenvalue weighted by atomic mass is 35.5. The van der Waals surface area contributed by atoms with Gasteiger partial charge in [0, 0.05) is 36.8 Å². The average molecular weight is 309 g/mol. The Bertz CT molecular complexity index is 461. The first-order valence-electron chi connectivity index (χ1n) is 6.28. The molecule has 20 heavy (non-hydrogen) atoms. The second kappa shape index (κ2) is 6.20. The highest BCUT2D eigenvalue weighted by molar-refractivity contribution is 6.30. The van der Waals surface area contributed by atoms with Crippen molar-refractivity contribution in [3.63, 3.8) is 0 Å². The van der Waals surface area contributed by atoms with Gasteiger partial charge in [-0.1, -0.05) is 11.6 Å². The molecule has 1 aliphatic heterocycles. The van der Waals surface area contributed by atoms with E-state index in [0.717, 1.165) is 0 Å². The quantitative estimate of drug-likeness (QED) is 0.929. The number of halogens is 4. The highest BCUT2D eigenvalue weighted by Crippen LogP contribution is 2.42. The molecule has 1 aliphatic rings. The predicted octanol–water partition coefficient (Wildman–Crippen LogP) is 2.86. The van der Waals surface area contributed by atoms with Crippen molar-refractivity contribution in [2.45, 2.75) is 12.2 Å². The highest BCUT2D eigenvalue weighted by Gasteiger charge is 2.46. The number of benzene rings is 1. The Labute approximate surface area is 120 Å². The molecule has 1 aromatic carbocycles. The summed E-state index contributed by atoms with van der Waals surface area (Å²) >= 11 is 5.85. The number of rotatable bonds is 3. The fraction of sp³-hybridized carbons (Fsp3) is 0.538. The Balaban J connectivity index is 2.43. The predicted molar refractivity (Wildman–Crippen MR) is 71.2 cm³/mol. The van der Waals surface area contributed by atoms with E-state index in [-0.39, 0.29) is 16.3 Å². The summed E-state index contributed by atoms with van der Waals surface area (Å²) in [6.45, 7) is 1.74. The molecule has 0 aromatic heterocycles. The van der Waals surface area contributed by atoms with Crippen LogP contribution in [-0.4, -0.2) is 44.4 Å². The van der Waals surface area contributed by atoms with E-state index in [1.54, 1.807) is 0 Å². The molecular formula is C13H16ClF3N2O. The van der Waals surface area contributed by atoms with E-state index in [0.29, 0.717) is 26.2 Å².